The number of carbonyl (C=O) groups is 1. The number of ether oxygens (including phenoxy) is 1. The van der Waals surface area contributed by atoms with Gasteiger partial charge in [0, 0.05) is 26.2 Å². The summed E-state index contributed by atoms with van der Waals surface area (Å²) in [5.41, 5.74) is 0.368. The van der Waals surface area contributed by atoms with E-state index in [0.29, 0.717) is 23.8 Å². The highest BCUT2D eigenvalue weighted by atomic mass is 16.5. The Morgan fingerprint density at radius 2 is 2.00 bits per heavy atom. The summed E-state index contributed by atoms with van der Waals surface area (Å²) in [5, 5.41) is 3.44. The summed E-state index contributed by atoms with van der Waals surface area (Å²) in [4.78, 5) is 15.2. The Hall–Kier alpha value is -0.610. The molecular formula is C16H26N2O2. The minimum atomic E-state index is -0.248. The summed E-state index contributed by atoms with van der Waals surface area (Å²) < 4.78 is 5.68. The van der Waals surface area contributed by atoms with Crippen LogP contribution in [0.15, 0.2) is 0 Å². The van der Waals surface area contributed by atoms with E-state index < -0.39 is 0 Å². The molecule has 0 radical (unpaired) electrons. The van der Waals surface area contributed by atoms with Crippen molar-refractivity contribution in [2.45, 2.75) is 38.5 Å². The third-order valence-corrected chi connectivity index (χ3v) is 6.53. The van der Waals surface area contributed by atoms with Gasteiger partial charge in [-0.3, -0.25) is 4.79 Å². The van der Waals surface area contributed by atoms with Crippen molar-refractivity contribution in [2.75, 3.05) is 39.4 Å². The van der Waals surface area contributed by atoms with E-state index in [-0.39, 0.29) is 5.41 Å². The van der Waals surface area contributed by atoms with Crippen LogP contribution in [-0.2, 0) is 9.53 Å². The molecule has 4 heteroatoms. The maximum Gasteiger partial charge on any atom is 0.232 e. The molecule has 20 heavy (non-hydrogen) atoms. The molecule has 4 aliphatic rings. The molecule has 1 saturated carbocycles. The van der Waals surface area contributed by atoms with E-state index in [9.17, 15) is 4.79 Å². The average Bonchev–Trinajstić information content (AvgIpc) is 2.90. The van der Waals surface area contributed by atoms with Crippen LogP contribution in [0, 0.1) is 16.7 Å². The Morgan fingerprint density at radius 3 is 2.70 bits per heavy atom. The fraction of sp³-hybridized carbons (Fsp3) is 0.938. The summed E-state index contributed by atoms with van der Waals surface area (Å²) in [6, 6.07) is 0. The largest absolute Gasteiger partial charge is 0.380 e. The molecule has 2 atom stereocenters. The van der Waals surface area contributed by atoms with Crippen molar-refractivity contribution in [2.24, 2.45) is 16.7 Å². The van der Waals surface area contributed by atoms with Gasteiger partial charge in [-0.2, -0.15) is 0 Å². The number of fused-ring (bicyclic) bond motifs is 1. The van der Waals surface area contributed by atoms with Gasteiger partial charge >= 0.3 is 0 Å². The molecule has 1 aliphatic carbocycles. The quantitative estimate of drug-likeness (QED) is 0.788. The molecule has 1 N–H and O–H groups in total. The second-order valence-corrected chi connectivity index (χ2v) is 7.47. The van der Waals surface area contributed by atoms with Gasteiger partial charge in [0.15, 0.2) is 0 Å². The molecule has 1 amide bonds. The lowest BCUT2D eigenvalue weighted by molar-refractivity contribution is -0.155. The molecule has 3 aliphatic heterocycles. The molecule has 112 valence electrons. The van der Waals surface area contributed by atoms with Gasteiger partial charge in [-0.25, -0.2) is 0 Å². The first-order chi connectivity index (χ1) is 9.74. The van der Waals surface area contributed by atoms with E-state index in [2.05, 4.69) is 10.2 Å². The molecule has 0 aromatic carbocycles. The third kappa shape index (κ3) is 1.84. The van der Waals surface area contributed by atoms with Crippen LogP contribution in [0.4, 0.5) is 0 Å². The molecule has 4 nitrogen and oxygen atoms in total. The van der Waals surface area contributed by atoms with Crippen molar-refractivity contribution >= 4 is 5.91 Å². The summed E-state index contributed by atoms with van der Waals surface area (Å²) in [5.74, 6) is 0.865. The zero-order valence-electron chi connectivity index (χ0n) is 12.3. The fourth-order valence-corrected chi connectivity index (χ4v) is 4.82. The predicted molar refractivity (Wildman–Crippen MR) is 76.3 cm³/mol. The van der Waals surface area contributed by atoms with Gasteiger partial charge in [0.25, 0.3) is 0 Å². The summed E-state index contributed by atoms with van der Waals surface area (Å²) in [7, 11) is 0. The number of piperidine rings is 1. The van der Waals surface area contributed by atoms with Gasteiger partial charge in [-0.15, -0.1) is 0 Å². The van der Waals surface area contributed by atoms with Gasteiger partial charge in [0.2, 0.25) is 5.91 Å². The lowest BCUT2D eigenvalue weighted by Crippen LogP contribution is -2.56. The third-order valence-electron chi connectivity index (χ3n) is 6.53. The average molecular weight is 278 g/mol. The molecule has 3 saturated heterocycles. The van der Waals surface area contributed by atoms with E-state index in [4.69, 9.17) is 4.74 Å². The minimum absolute atomic E-state index is 0.248. The zero-order chi connectivity index (χ0) is 13.6. The van der Waals surface area contributed by atoms with Crippen LogP contribution in [0.5, 0.6) is 0 Å². The predicted octanol–water partition coefficient (Wildman–Crippen LogP) is 1.41. The standard InChI is InChI=1S/C16H26N2O2/c19-14(16-11-17-10-13(16)2-9-20-12-16)18-7-5-15(6-8-18)3-1-4-15/h13,17H,1-12H2/t13-,16+/m1/s1. The van der Waals surface area contributed by atoms with Crippen molar-refractivity contribution in [3.05, 3.63) is 0 Å². The molecule has 0 aromatic rings. The number of carbonyl (C=O) groups excluding carboxylic acids is 1. The SMILES string of the molecule is O=C(N1CCC2(CCC2)CC1)[C@]12CNC[C@H]1CCOC2. The van der Waals surface area contributed by atoms with E-state index in [1.165, 1.54) is 32.1 Å². The number of hydrogen-bond donors (Lipinski definition) is 1. The van der Waals surface area contributed by atoms with E-state index in [1.54, 1.807) is 0 Å². The van der Waals surface area contributed by atoms with Crippen LogP contribution in [0.3, 0.4) is 0 Å². The Balaban J connectivity index is 1.46. The molecule has 0 unspecified atom stereocenters. The number of nitrogens with zero attached hydrogens (tertiary/aromatic N) is 1. The Morgan fingerprint density at radius 1 is 1.20 bits per heavy atom. The van der Waals surface area contributed by atoms with Crippen LogP contribution in [-0.4, -0.2) is 50.2 Å². The van der Waals surface area contributed by atoms with Crippen molar-refractivity contribution in [3.63, 3.8) is 0 Å². The van der Waals surface area contributed by atoms with E-state index in [1.807, 2.05) is 0 Å². The first-order valence-corrected chi connectivity index (χ1v) is 8.32. The summed E-state index contributed by atoms with van der Waals surface area (Å²) in [6.45, 7) is 5.22. The number of likely N-dealkylation sites (tertiary alicyclic amines) is 1. The van der Waals surface area contributed by atoms with E-state index in [0.717, 1.165) is 39.2 Å². The molecule has 3 heterocycles. The van der Waals surface area contributed by atoms with Crippen molar-refractivity contribution < 1.29 is 9.53 Å². The highest BCUT2D eigenvalue weighted by Crippen LogP contribution is 2.49. The van der Waals surface area contributed by atoms with E-state index >= 15 is 0 Å². The highest BCUT2D eigenvalue weighted by molar-refractivity contribution is 5.84. The van der Waals surface area contributed by atoms with Crippen molar-refractivity contribution in [3.8, 4) is 0 Å². The second kappa shape index (κ2) is 4.70. The summed E-state index contributed by atoms with van der Waals surface area (Å²) >= 11 is 0. The van der Waals surface area contributed by atoms with Gasteiger partial charge in [0.05, 0.1) is 12.0 Å². The molecule has 4 fully saturated rings. The molecule has 1 spiro atoms. The van der Waals surface area contributed by atoms with Gasteiger partial charge < -0.3 is 15.0 Å². The maximum absolute atomic E-state index is 13.1. The Labute approximate surface area is 121 Å². The van der Waals surface area contributed by atoms with Crippen LogP contribution in [0.2, 0.25) is 0 Å². The fourth-order valence-electron chi connectivity index (χ4n) is 4.82. The maximum atomic E-state index is 13.1. The van der Waals surface area contributed by atoms with Crippen LogP contribution in [0.1, 0.15) is 38.5 Å². The molecular weight excluding hydrogens is 252 g/mol. The normalized spacial score (nSPS) is 39.4. The number of hydrogen-bond acceptors (Lipinski definition) is 3. The number of rotatable bonds is 1. The smallest absolute Gasteiger partial charge is 0.232 e. The number of amides is 1. The topological polar surface area (TPSA) is 41.6 Å². The zero-order valence-corrected chi connectivity index (χ0v) is 12.3. The van der Waals surface area contributed by atoms with Gasteiger partial charge in [0.1, 0.15) is 0 Å². The minimum Gasteiger partial charge on any atom is -0.380 e. The molecule has 4 rings (SSSR count). The summed E-state index contributed by atoms with van der Waals surface area (Å²) in [6.07, 6.45) is 7.69. The molecule has 0 aromatic heterocycles. The van der Waals surface area contributed by atoms with Gasteiger partial charge in [-0.1, -0.05) is 6.42 Å². The first-order valence-electron chi connectivity index (χ1n) is 8.32. The Bertz CT molecular complexity index is 397. The monoisotopic (exact) mass is 278 g/mol. The van der Waals surface area contributed by atoms with Crippen molar-refractivity contribution in [1.82, 2.24) is 10.2 Å². The van der Waals surface area contributed by atoms with Crippen LogP contribution in [0.25, 0.3) is 0 Å². The molecule has 0 bridgehead atoms. The second-order valence-electron chi connectivity index (χ2n) is 7.47. The highest BCUT2D eigenvalue weighted by Gasteiger charge is 2.53. The first kappa shape index (κ1) is 13.1. The van der Waals surface area contributed by atoms with Gasteiger partial charge in [-0.05, 0) is 50.0 Å². The Kier molecular flexibility index (Phi) is 3.08. The van der Waals surface area contributed by atoms with Crippen LogP contribution < -0.4 is 5.32 Å². The lowest BCUT2D eigenvalue weighted by Gasteiger charge is -2.50. The van der Waals surface area contributed by atoms with Crippen molar-refractivity contribution in [1.29, 1.82) is 0 Å². The lowest BCUT2D eigenvalue weighted by atomic mass is 9.63. The van der Waals surface area contributed by atoms with Crippen LogP contribution >= 0.6 is 0 Å². The number of nitrogens with one attached hydrogen (secondary N) is 1.